The molecule has 1 N–H and O–H groups in total. The van der Waals surface area contributed by atoms with Crippen molar-refractivity contribution in [1.29, 1.82) is 0 Å². The highest BCUT2D eigenvalue weighted by Gasteiger charge is 2.14. The van der Waals surface area contributed by atoms with Gasteiger partial charge in [-0.1, -0.05) is 107 Å². The molecule has 5 aromatic carbocycles. The van der Waals surface area contributed by atoms with Crippen molar-refractivity contribution < 1.29 is 0 Å². The monoisotopic (exact) mass is 676 g/mol. The lowest BCUT2D eigenvalue weighted by molar-refractivity contribution is 0.715. The second-order valence-electron chi connectivity index (χ2n) is 10.5. The van der Waals surface area contributed by atoms with Crippen LogP contribution in [0.1, 0.15) is 16.7 Å². The van der Waals surface area contributed by atoms with E-state index in [1.54, 1.807) is 12.1 Å². The zero-order valence-corrected chi connectivity index (χ0v) is 27.5. The number of aryl methyl sites for hydroxylation is 2. The van der Waals surface area contributed by atoms with Crippen LogP contribution < -0.4 is 0 Å². The average molecular weight is 679 g/mol. The maximum absolute atomic E-state index is 6.21. The van der Waals surface area contributed by atoms with E-state index in [1.165, 1.54) is 11.1 Å². The molecule has 220 valence electrons. The van der Waals surface area contributed by atoms with Gasteiger partial charge in [0.2, 0.25) is 0 Å². The molecule has 0 atom stereocenters. The number of benzene rings is 5. The number of halogens is 5. The van der Waals surface area contributed by atoms with Crippen LogP contribution in [0.4, 0.5) is 0 Å². The number of fused-ring (bicyclic) bond motifs is 2. The van der Waals surface area contributed by atoms with Gasteiger partial charge >= 0.3 is 0 Å². The van der Waals surface area contributed by atoms with Gasteiger partial charge < -0.3 is 0 Å². The zero-order valence-electron chi connectivity index (χ0n) is 23.7. The summed E-state index contributed by atoms with van der Waals surface area (Å²) < 4.78 is 2.02. The summed E-state index contributed by atoms with van der Waals surface area (Å²) in [6.07, 6.45) is 0. The van der Waals surface area contributed by atoms with Gasteiger partial charge in [0.15, 0.2) is 0 Å². The van der Waals surface area contributed by atoms with Gasteiger partial charge in [-0.3, -0.25) is 9.78 Å². The van der Waals surface area contributed by atoms with Gasteiger partial charge in [0, 0.05) is 26.9 Å². The van der Waals surface area contributed by atoms with Crippen molar-refractivity contribution >= 4 is 79.8 Å². The van der Waals surface area contributed by atoms with E-state index < -0.39 is 0 Å². The Hall–Kier alpha value is -3.51. The third-order valence-corrected chi connectivity index (χ3v) is 8.99. The molecule has 0 fully saturated rings. The fourth-order valence-corrected chi connectivity index (χ4v) is 5.74. The summed E-state index contributed by atoms with van der Waals surface area (Å²) in [6.45, 7) is 4.80. The zero-order chi connectivity index (χ0) is 31.0. The van der Waals surface area contributed by atoms with Gasteiger partial charge in [0.25, 0.3) is 0 Å². The average Bonchev–Trinajstić information content (AvgIpc) is 3.58. The van der Waals surface area contributed by atoms with Crippen LogP contribution in [-0.2, 0) is 6.54 Å². The van der Waals surface area contributed by atoms with Crippen LogP contribution in [0, 0.1) is 13.8 Å². The van der Waals surface area contributed by atoms with Crippen LogP contribution in [0.3, 0.4) is 0 Å². The van der Waals surface area contributed by atoms with Crippen molar-refractivity contribution in [3.8, 4) is 22.5 Å². The lowest BCUT2D eigenvalue weighted by Gasteiger charge is -2.04. The largest absolute Gasteiger partial charge is 0.277 e. The minimum atomic E-state index is 0.525. The van der Waals surface area contributed by atoms with Gasteiger partial charge in [0.05, 0.1) is 43.4 Å². The first kappa shape index (κ1) is 30.5. The maximum Gasteiger partial charge on any atom is 0.100 e. The highest BCUT2D eigenvalue weighted by Crippen LogP contribution is 2.34. The molecule has 7 aromatic rings. The first-order chi connectivity index (χ1) is 21.2. The van der Waals surface area contributed by atoms with Crippen LogP contribution in [-0.4, -0.2) is 20.0 Å². The molecule has 0 aliphatic carbocycles. The number of aromatic nitrogens is 4. The fraction of sp³-hybridized carbons (Fsp3) is 0.0857. The summed E-state index contributed by atoms with van der Waals surface area (Å²) in [5.41, 5.74) is 9.33. The van der Waals surface area contributed by atoms with Gasteiger partial charge in [-0.15, -0.1) is 0 Å². The van der Waals surface area contributed by atoms with Gasteiger partial charge in [-0.05, 0) is 79.1 Å². The van der Waals surface area contributed by atoms with Gasteiger partial charge in [-0.2, -0.15) is 10.2 Å². The number of H-pyrrole nitrogens is 1. The molecule has 9 heteroatoms. The minimum absolute atomic E-state index is 0.525. The predicted molar refractivity (Wildman–Crippen MR) is 187 cm³/mol. The molecule has 7 rings (SSSR count). The van der Waals surface area contributed by atoms with Crippen molar-refractivity contribution in [3.63, 3.8) is 0 Å². The van der Waals surface area contributed by atoms with Crippen LogP contribution in [0.25, 0.3) is 44.3 Å². The van der Waals surface area contributed by atoms with Crippen molar-refractivity contribution in [1.82, 2.24) is 20.0 Å². The third kappa shape index (κ3) is 6.46. The summed E-state index contributed by atoms with van der Waals surface area (Å²) in [6, 6.07) is 31.5. The quantitative estimate of drug-likeness (QED) is 0.201. The van der Waals surface area contributed by atoms with Crippen molar-refractivity contribution in [2.24, 2.45) is 0 Å². The van der Waals surface area contributed by atoms with E-state index in [0.717, 1.165) is 54.9 Å². The first-order valence-corrected chi connectivity index (χ1v) is 15.6. The highest BCUT2D eigenvalue weighted by atomic mass is 35.5. The Labute approximate surface area is 280 Å². The Kier molecular flexibility index (Phi) is 8.91. The molecule has 0 bridgehead atoms. The Morgan fingerprint density at radius 3 is 1.82 bits per heavy atom. The number of rotatable bonds is 4. The summed E-state index contributed by atoms with van der Waals surface area (Å²) in [4.78, 5) is 0. The van der Waals surface area contributed by atoms with Crippen molar-refractivity contribution in [2.75, 3.05) is 0 Å². The second kappa shape index (κ2) is 12.8. The van der Waals surface area contributed by atoms with Crippen LogP contribution in [0.2, 0.25) is 25.1 Å². The Balaban J connectivity index is 0.000000167. The van der Waals surface area contributed by atoms with Crippen LogP contribution in [0.15, 0.2) is 97.1 Å². The predicted octanol–water partition coefficient (Wildman–Crippen LogP) is 11.9. The Bertz CT molecular complexity index is 2130. The molecule has 0 aliphatic rings. The van der Waals surface area contributed by atoms with Crippen LogP contribution in [0.5, 0.6) is 0 Å². The van der Waals surface area contributed by atoms with Crippen molar-refractivity contribution in [3.05, 3.63) is 139 Å². The highest BCUT2D eigenvalue weighted by molar-refractivity contribution is 6.42. The number of hydrogen-bond acceptors (Lipinski definition) is 2. The minimum Gasteiger partial charge on any atom is -0.277 e. The van der Waals surface area contributed by atoms with E-state index in [0.29, 0.717) is 26.6 Å². The molecule has 0 amide bonds. The standard InChI is InChI=1S/C21H15Cl3N2.C14H10Cl2N2/c1-13-2-8-17-20(10-13)26(12-14-3-6-16(22)7-4-14)25-21(17)15-5-9-18(23)19(24)11-15;1-8-2-4-10-13(6-8)17-18-14(10)9-3-5-11(15)12(16)7-9/h2-11H,12H2,1H3;2-7H,1H3,(H,17,18). The number of aromatic amines is 1. The molecule has 44 heavy (non-hydrogen) atoms. The summed E-state index contributed by atoms with van der Waals surface area (Å²) >= 11 is 30.2. The van der Waals surface area contributed by atoms with E-state index in [4.69, 9.17) is 63.1 Å². The second-order valence-corrected chi connectivity index (χ2v) is 12.6. The molecule has 4 nitrogen and oxygen atoms in total. The molecular weight excluding hydrogens is 654 g/mol. The normalized spacial score (nSPS) is 11.2. The van der Waals surface area contributed by atoms with E-state index in [9.17, 15) is 0 Å². The lowest BCUT2D eigenvalue weighted by Crippen LogP contribution is -2.01. The van der Waals surface area contributed by atoms with E-state index >= 15 is 0 Å². The van der Waals surface area contributed by atoms with Gasteiger partial charge in [0.1, 0.15) is 5.69 Å². The first-order valence-electron chi connectivity index (χ1n) is 13.7. The maximum atomic E-state index is 6.21. The summed E-state index contributed by atoms with van der Waals surface area (Å²) in [7, 11) is 0. The molecule has 0 aliphatic heterocycles. The Morgan fingerprint density at radius 2 is 1.18 bits per heavy atom. The molecular formula is C35H25Cl5N4. The molecule has 0 spiro atoms. The number of hydrogen-bond donors (Lipinski definition) is 1. The fourth-order valence-electron chi connectivity index (χ4n) is 5.02. The SMILES string of the molecule is Cc1ccc2c(-c3ccc(Cl)c(Cl)c3)n[nH]c2c1.Cc1ccc2c(-c3ccc(Cl)c(Cl)c3)nn(Cc3ccc(Cl)cc3)c2c1. The van der Waals surface area contributed by atoms with Crippen LogP contribution >= 0.6 is 58.0 Å². The van der Waals surface area contributed by atoms with Gasteiger partial charge in [-0.25, -0.2) is 0 Å². The summed E-state index contributed by atoms with van der Waals surface area (Å²) in [5.74, 6) is 0. The third-order valence-electron chi connectivity index (χ3n) is 7.26. The number of nitrogens with one attached hydrogen (secondary N) is 1. The lowest BCUT2D eigenvalue weighted by atomic mass is 10.1. The van der Waals surface area contributed by atoms with Crippen molar-refractivity contribution in [2.45, 2.75) is 20.4 Å². The number of nitrogens with zero attached hydrogens (tertiary/aromatic N) is 3. The molecule has 0 saturated carbocycles. The van der Waals surface area contributed by atoms with E-state index in [-0.39, 0.29) is 0 Å². The Morgan fingerprint density at radius 1 is 0.591 bits per heavy atom. The molecule has 0 saturated heterocycles. The summed E-state index contributed by atoms with van der Waals surface area (Å²) in [5, 5.41) is 17.3. The molecule has 0 unspecified atom stereocenters. The molecule has 2 aromatic heterocycles. The molecule has 0 radical (unpaired) electrons. The van der Waals surface area contributed by atoms with E-state index in [2.05, 4.69) is 60.4 Å². The smallest absolute Gasteiger partial charge is 0.100 e. The van der Waals surface area contributed by atoms with E-state index in [1.807, 2.05) is 53.2 Å². The molecule has 2 heterocycles. The topological polar surface area (TPSA) is 46.5 Å².